The Hall–Kier alpha value is -3.64. The molecule has 0 fully saturated rings. The number of fused-ring (bicyclic) bond motifs is 6. The van der Waals surface area contributed by atoms with Crippen molar-refractivity contribution in [2.75, 3.05) is 0 Å². The van der Waals surface area contributed by atoms with E-state index in [1.165, 1.54) is 21.5 Å². The fourth-order valence-corrected chi connectivity index (χ4v) is 6.02. The first-order valence-electron chi connectivity index (χ1n) is 12.9. The van der Waals surface area contributed by atoms with Crippen LogP contribution in [0.1, 0.15) is 20.8 Å². The quantitative estimate of drug-likeness (QED) is 0.185. The molecule has 0 unspecified atom stereocenters. The van der Waals surface area contributed by atoms with Crippen LogP contribution in [0.2, 0.25) is 0 Å². The largest absolute Gasteiger partial charge is 0.455 e. The van der Waals surface area contributed by atoms with E-state index in [0.717, 1.165) is 38.7 Å². The highest BCUT2D eigenvalue weighted by Crippen LogP contribution is 2.26. The van der Waals surface area contributed by atoms with Crippen molar-refractivity contribution in [3.05, 3.63) is 106 Å². The number of allylic oxidation sites excluding steroid dienone is 4. The van der Waals surface area contributed by atoms with Crippen molar-refractivity contribution in [3.8, 4) is 16.9 Å². The van der Waals surface area contributed by atoms with Crippen molar-refractivity contribution in [1.82, 2.24) is 9.55 Å². The molecule has 0 amide bonds. The molecule has 7 rings (SSSR count). The van der Waals surface area contributed by atoms with Gasteiger partial charge in [-0.05, 0) is 49.4 Å². The molecule has 4 heteroatoms. The van der Waals surface area contributed by atoms with Gasteiger partial charge in [0.2, 0.25) is 0 Å². The Balaban J connectivity index is 1.37. The van der Waals surface area contributed by atoms with E-state index in [4.69, 9.17) is 9.40 Å². The zero-order valence-corrected chi connectivity index (χ0v) is 23.7. The molecule has 1 atom stereocenters. The highest BCUT2D eigenvalue weighted by Gasteiger charge is 2.18. The molecule has 3 nitrogen and oxygen atoms in total. The van der Waals surface area contributed by atoms with Crippen LogP contribution in [0.4, 0.5) is 0 Å². The van der Waals surface area contributed by atoms with Crippen LogP contribution < -0.4 is 21.2 Å². The average molecular weight is 607 g/mol. The van der Waals surface area contributed by atoms with Crippen molar-refractivity contribution >= 4 is 68.9 Å². The molecular weight excluding hydrogens is 579 g/mol. The minimum atomic E-state index is -0.0899. The molecule has 2 aromatic carbocycles. The lowest BCUT2D eigenvalue weighted by atomic mass is 9.93. The number of alkyl halides is 1. The third-order valence-electron chi connectivity index (χ3n) is 7.37. The Morgan fingerprint density at radius 1 is 0.816 bits per heavy atom. The Labute approximate surface area is 234 Å². The van der Waals surface area contributed by atoms with E-state index in [9.17, 15) is 0 Å². The van der Waals surface area contributed by atoms with Crippen LogP contribution >= 0.6 is 22.6 Å². The van der Waals surface area contributed by atoms with E-state index in [1.54, 1.807) is 0 Å². The number of nitrogens with zero attached hydrogens (tertiary/aromatic N) is 2. The highest BCUT2D eigenvalue weighted by molar-refractivity contribution is 14.1. The van der Waals surface area contributed by atoms with Crippen LogP contribution in [0.25, 0.3) is 63.3 Å². The van der Waals surface area contributed by atoms with Crippen LogP contribution in [-0.2, 0) is 0 Å². The smallest absolute Gasteiger partial charge is 0.153 e. The van der Waals surface area contributed by atoms with E-state index in [2.05, 4.69) is 145 Å². The standard InChI is InChI=1S/C34H27IN2O/c1-33(2)18-6-9-25-24-8-4-5-11-28(24)37(29(25)20-33)23-14-12-22(13-15-23)27-16-17-30-32(36-27)26-10-7-19-34(3,35)21-31(26)38-30/h4-21H,1-3H3/t34-/m0/s1. The molecule has 0 bridgehead atoms. The maximum atomic E-state index is 6.18. The Bertz CT molecular complexity index is 2070. The van der Waals surface area contributed by atoms with Crippen molar-refractivity contribution in [2.45, 2.75) is 24.2 Å². The fraction of sp³-hybridized carbons (Fsp3) is 0.147. The maximum absolute atomic E-state index is 6.18. The van der Waals surface area contributed by atoms with Gasteiger partial charge in [0.1, 0.15) is 10.9 Å². The van der Waals surface area contributed by atoms with Crippen molar-refractivity contribution in [1.29, 1.82) is 0 Å². The summed E-state index contributed by atoms with van der Waals surface area (Å²) in [5.74, 6) is 0. The lowest BCUT2D eigenvalue weighted by Crippen LogP contribution is -2.29. The normalized spacial score (nSPS) is 19.5. The second-order valence-electron chi connectivity index (χ2n) is 10.9. The van der Waals surface area contributed by atoms with Gasteiger partial charge in [-0.2, -0.15) is 0 Å². The molecular formula is C34H27IN2O. The van der Waals surface area contributed by atoms with E-state index in [-0.39, 0.29) is 8.84 Å². The monoisotopic (exact) mass is 606 g/mol. The molecule has 0 aliphatic heterocycles. The third kappa shape index (κ3) is 3.90. The molecule has 2 aliphatic carbocycles. The second-order valence-corrected chi connectivity index (χ2v) is 13.3. The predicted octanol–water partition coefficient (Wildman–Crippen LogP) is 5.92. The number of furan rings is 1. The van der Waals surface area contributed by atoms with Crippen LogP contribution in [0, 0.1) is 5.41 Å². The summed E-state index contributed by atoms with van der Waals surface area (Å²) in [6, 6.07) is 21.5. The van der Waals surface area contributed by atoms with Gasteiger partial charge in [0, 0.05) is 32.5 Å². The summed E-state index contributed by atoms with van der Waals surface area (Å²) in [6.07, 6.45) is 17.6. The van der Waals surface area contributed by atoms with Gasteiger partial charge in [0.25, 0.3) is 0 Å². The van der Waals surface area contributed by atoms with Gasteiger partial charge in [0.05, 0.1) is 20.0 Å². The number of hydrogen-bond donors (Lipinski definition) is 0. The Kier molecular flexibility index (Phi) is 5.21. The van der Waals surface area contributed by atoms with Crippen LogP contribution in [0.15, 0.2) is 89.4 Å². The molecule has 5 aromatic rings. The van der Waals surface area contributed by atoms with Gasteiger partial charge in [-0.1, -0.05) is 103 Å². The second kappa shape index (κ2) is 8.43. The minimum absolute atomic E-state index is 0.0336. The van der Waals surface area contributed by atoms with Gasteiger partial charge in [-0.15, -0.1) is 0 Å². The molecule has 0 saturated carbocycles. The molecule has 3 heterocycles. The summed E-state index contributed by atoms with van der Waals surface area (Å²) in [6.45, 7) is 6.67. The average Bonchev–Trinajstić information content (AvgIpc) is 3.24. The Morgan fingerprint density at radius 3 is 2.42 bits per heavy atom. The third-order valence-corrected chi connectivity index (χ3v) is 8.04. The van der Waals surface area contributed by atoms with Crippen molar-refractivity contribution < 1.29 is 4.42 Å². The first-order chi connectivity index (χ1) is 18.3. The molecule has 3 aromatic heterocycles. The van der Waals surface area contributed by atoms with E-state index < -0.39 is 0 Å². The number of aromatic nitrogens is 2. The van der Waals surface area contributed by atoms with E-state index >= 15 is 0 Å². The minimum Gasteiger partial charge on any atom is -0.455 e. The summed E-state index contributed by atoms with van der Waals surface area (Å²) in [7, 11) is 0. The summed E-state index contributed by atoms with van der Waals surface area (Å²) in [4.78, 5) is 5.04. The number of hydrogen-bond acceptors (Lipinski definition) is 2. The number of halogens is 1. The number of pyridine rings is 1. The lowest BCUT2D eigenvalue weighted by molar-refractivity contribution is 0.573. The molecule has 0 saturated heterocycles. The summed E-state index contributed by atoms with van der Waals surface area (Å²) >= 11 is 2.43. The SMILES string of the molecule is CC1(C)C=CC=c2c(n(-c3ccc(-c4ccc5oc6c(c5n4)=CC=C[C@](C)(I)C=6)cc3)c3ccccc23)=C1. The molecule has 0 N–H and O–H groups in total. The number of benzene rings is 2. The summed E-state index contributed by atoms with van der Waals surface area (Å²) in [5.41, 5.74) is 6.94. The zero-order valence-electron chi connectivity index (χ0n) is 21.6. The molecule has 0 radical (unpaired) electrons. The first kappa shape index (κ1) is 23.5. The summed E-state index contributed by atoms with van der Waals surface area (Å²) < 4.78 is 8.47. The van der Waals surface area contributed by atoms with E-state index in [0.29, 0.717) is 0 Å². The van der Waals surface area contributed by atoms with Crippen LogP contribution in [0.5, 0.6) is 0 Å². The zero-order chi connectivity index (χ0) is 26.1. The van der Waals surface area contributed by atoms with Crippen LogP contribution in [-0.4, -0.2) is 13.0 Å². The van der Waals surface area contributed by atoms with E-state index in [1.807, 2.05) is 12.1 Å². The predicted molar refractivity (Wildman–Crippen MR) is 167 cm³/mol. The lowest BCUT2D eigenvalue weighted by Gasteiger charge is -2.14. The van der Waals surface area contributed by atoms with Crippen molar-refractivity contribution in [2.24, 2.45) is 5.41 Å². The van der Waals surface area contributed by atoms with Crippen LogP contribution in [0.3, 0.4) is 0 Å². The molecule has 2 aliphatic rings. The maximum Gasteiger partial charge on any atom is 0.153 e. The van der Waals surface area contributed by atoms with Gasteiger partial charge >= 0.3 is 0 Å². The fourth-order valence-electron chi connectivity index (χ4n) is 5.53. The molecule has 186 valence electrons. The molecule has 0 spiro atoms. The van der Waals surface area contributed by atoms with Gasteiger partial charge in [-0.25, -0.2) is 4.98 Å². The first-order valence-corrected chi connectivity index (χ1v) is 14.0. The van der Waals surface area contributed by atoms with Gasteiger partial charge < -0.3 is 8.98 Å². The van der Waals surface area contributed by atoms with Gasteiger partial charge in [-0.3, -0.25) is 0 Å². The molecule has 38 heavy (non-hydrogen) atoms. The van der Waals surface area contributed by atoms with Crippen molar-refractivity contribution in [3.63, 3.8) is 0 Å². The highest BCUT2D eigenvalue weighted by atomic mass is 127. The topological polar surface area (TPSA) is 31.0 Å². The number of rotatable bonds is 2. The summed E-state index contributed by atoms with van der Waals surface area (Å²) in [5, 5.41) is 4.81. The number of para-hydroxylation sites is 1. The van der Waals surface area contributed by atoms with Gasteiger partial charge in [0.15, 0.2) is 5.58 Å². The Morgan fingerprint density at radius 2 is 1.58 bits per heavy atom.